The number of carboxylic acids is 1. The Kier molecular flexibility index (Phi) is 15.1. The number of nitrogens with zero attached hydrogens (tertiary/aromatic N) is 1. The van der Waals surface area contributed by atoms with Gasteiger partial charge in [0.2, 0.25) is 17.7 Å². The van der Waals surface area contributed by atoms with E-state index in [1.807, 2.05) is 36.8 Å². The molecule has 0 aliphatic carbocycles. The Bertz CT molecular complexity index is 1220. The van der Waals surface area contributed by atoms with Crippen LogP contribution in [-0.2, 0) is 25.6 Å². The molecule has 4 atom stereocenters. The van der Waals surface area contributed by atoms with Crippen LogP contribution in [0.25, 0.3) is 10.9 Å². The quantitative estimate of drug-likeness (QED) is 0.0600. The number of carbonyl (C=O) groups excluding carboxylic acids is 3. The molecule has 0 saturated heterocycles. The number of nitrogens with two attached hydrogens (primary N) is 3. The van der Waals surface area contributed by atoms with E-state index in [-0.39, 0.29) is 18.8 Å². The first-order valence-electron chi connectivity index (χ1n) is 13.5. The van der Waals surface area contributed by atoms with Crippen molar-refractivity contribution in [2.45, 2.75) is 56.3 Å². The van der Waals surface area contributed by atoms with Crippen molar-refractivity contribution >= 4 is 64.1 Å². The molecular formula is C27H42N8O5S2. The lowest BCUT2D eigenvalue weighted by molar-refractivity contribution is -0.142. The summed E-state index contributed by atoms with van der Waals surface area (Å²) in [6, 6.07) is 3.46. The van der Waals surface area contributed by atoms with E-state index in [0.717, 1.165) is 16.5 Å². The van der Waals surface area contributed by atoms with Gasteiger partial charge in [-0.25, -0.2) is 4.79 Å². The maximum atomic E-state index is 13.3. The maximum Gasteiger partial charge on any atom is 0.326 e. The number of aliphatic imine (C=N–C) groups is 1. The normalized spacial score (nSPS) is 13.9. The molecule has 13 nitrogen and oxygen atoms in total. The smallest absolute Gasteiger partial charge is 0.326 e. The Hall–Kier alpha value is -3.43. The van der Waals surface area contributed by atoms with Gasteiger partial charge in [-0.2, -0.15) is 23.5 Å². The van der Waals surface area contributed by atoms with Gasteiger partial charge in [-0.15, -0.1) is 0 Å². The van der Waals surface area contributed by atoms with Gasteiger partial charge < -0.3 is 43.2 Å². The minimum absolute atomic E-state index is 0.0467. The summed E-state index contributed by atoms with van der Waals surface area (Å²) in [5.74, 6) is -1.79. The van der Waals surface area contributed by atoms with Crippen molar-refractivity contribution in [1.82, 2.24) is 20.9 Å². The molecule has 0 spiro atoms. The second-order valence-electron chi connectivity index (χ2n) is 9.70. The van der Waals surface area contributed by atoms with Gasteiger partial charge in [0.05, 0.1) is 6.04 Å². The van der Waals surface area contributed by atoms with Crippen LogP contribution in [0.15, 0.2) is 35.5 Å². The zero-order chi connectivity index (χ0) is 31.1. The van der Waals surface area contributed by atoms with Crippen molar-refractivity contribution in [2.75, 3.05) is 30.6 Å². The van der Waals surface area contributed by atoms with Crippen LogP contribution in [0, 0.1) is 0 Å². The predicted molar refractivity (Wildman–Crippen MR) is 169 cm³/mol. The number of hydrogen-bond donors (Lipinski definition) is 8. The van der Waals surface area contributed by atoms with Crippen molar-refractivity contribution in [3.05, 3.63) is 36.0 Å². The van der Waals surface area contributed by atoms with E-state index in [1.165, 1.54) is 23.5 Å². The molecule has 15 heteroatoms. The molecule has 232 valence electrons. The van der Waals surface area contributed by atoms with Crippen molar-refractivity contribution < 1.29 is 24.3 Å². The van der Waals surface area contributed by atoms with Gasteiger partial charge in [0.1, 0.15) is 18.1 Å². The van der Waals surface area contributed by atoms with Crippen molar-refractivity contribution in [3.63, 3.8) is 0 Å². The molecule has 1 heterocycles. The maximum absolute atomic E-state index is 13.3. The van der Waals surface area contributed by atoms with Crippen LogP contribution < -0.4 is 33.2 Å². The molecule has 0 saturated carbocycles. The van der Waals surface area contributed by atoms with Crippen LogP contribution in [0.2, 0.25) is 0 Å². The molecule has 0 fully saturated rings. The zero-order valence-corrected chi connectivity index (χ0v) is 25.6. The third-order valence-corrected chi connectivity index (χ3v) is 7.79. The second-order valence-corrected chi connectivity index (χ2v) is 11.7. The SMILES string of the molecule is CSCCC(NC(=O)C(N)CCCN=C(N)N)C(=O)NC(CCSC)C(=O)NC(Cc1c[nH]c2ccccc12)C(=O)O. The molecule has 0 aliphatic heterocycles. The Balaban J connectivity index is 2.10. The third kappa shape index (κ3) is 11.4. The molecule has 3 amide bonds. The lowest BCUT2D eigenvalue weighted by Crippen LogP contribution is -2.57. The van der Waals surface area contributed by atoms with E-state index in [1.54, 1.807) is 6.20 Å². The molecule has 11 N–H and O–H groups in total. The number of carbonyl (C=O) groups is 4. The summed E-state index contributed by atoms with van der Waals surface area (Å²) in [6.07, 6.45) is 6.90. The highest BCUT2D eigenvalue weighted by molar-refractivity contribution is 7.98. The summed E-state index contributed by atoms with van der Waals surface area (Å²) >= 11 is 2.99. The van der Waals surface area contributed by atoms with Gasteiger partial charge in [0.15, 0.2) is 5.96 Å². The minimum atomic E-state index is -1.21. The van der Waals surface area contributed by atoms with E-state index in [2.05, 4.69) is 25.9 Å². The van der Waals surface area contributed by atoms with Gasteiger partial charge in [-0.3, -0.25) is 19.4 Å². The van der Waals surface area contributed by atoms with Crippen LogP contribution >= 0.6 is 23.5 Å². The fourth-order valence-corrected chi connectivity index (χ4v) is 5.15. The molecule has 2 rings (SSSR count). The highest BCUT2D eigenvalue weighted by Crippen LogP contribution is 2.19. The molecule has 42 heavy (non-hydrogen) atoms. The van der Waals surface area contributed by atoms with Gasteiger partial charge in [0, 0.05) is 30.1 Å². The third-order valence-electron chi connectivity index (χ3n) is 6.51. The van der Waals surface area contributed by atoms with E-state index < -0.39 is 47.9 Å². The number of amides is 3. The standard InChI is InChI=1S/C27H42N8O5S2/c1-41-12-9-20(33-23(36)18(28)7-5-11-31-27(29)30)24(37)34-21(10-13-42-2)25(38)35-22(26(39)40)14-16-15-32-19-8-4-3-6-17(16)19/h3-4,6,8,15,18,20-22,32H,5,7,9-14,28H2,1-2H3,(H,33,36)(H,34,37)(H,35,38)(H,39,40)(H4,29,30,31). The van der Waals surface area contributed by atoms with E-state index >= 15 is 0 Å². The summed E-state index contributed by atoms with van der Waals surface area (Å²) in [7, 11) is 0. The highest BCUT2D eigenvalue weighted by atomic mass is 32.2. The van der Waals surface area contributed by atoms with Gasteiger partial charge in [0.25, 0.3) is 0 Å². The lowest BCUT2D eigenvalue weighted by atomic mass is 10.0. The zero-order valence-electron chi connectivity index (χ0n) is 23.9. The predicted octanol–water partition coefficient (Wildman–Crippen LogP) is 0.137. The largest absolute Gasteiger partial charge is 0.480 e. The Morgan fingerprint density at radius 3 is 2.05 bits per heavy atom. The number of aromatic nitrogens is 1. The molecule has 0 bridgehead atoms. The first-order valence-corrected chi connectivity index (χ1v) is 16.3. The first-order chi connectivity index (χ1) is 20.1. The topological polar surface area (TPSA) is 231 Å². The number of para-hydroxylation sites is 1. The second kappa shape index (κ2) is 18.2. The Morgan fingerprint density at radius 2 is 1.48 bits per heavy atom. The fourth-order valence-electron chi connectivity index (χ4n) is 4.20. The monoisotopic (exact) mass is 622 g/mol. The number of hydrogen-bond acceptors (Lipinski definition) is 8. The summed E-state index contributed by atoms with van der Waals surface area (Å²) in [5, 5.41) is 18.8. The van der Waals surface area contributed by atoms with Crippen molar-refractivity contribution in [2.24, 2.45) is 22.2 Å². The van der Waals surface area contributed by atoms with E-state index in [0.29, 0.717) is 37.3 Å². The average Bonchev–Trinajstić information content (AvgIpc) is 3.37. The average molecular weight is 623 g/mol. The summed E-state index contributed by atoms with van der Waals surface area (Å²) in [6.45, 7) is 0.323. The van der Waals surface area contributed by atoms with Gasteiger partial charge >= 0.3 is 5.97 Å². The molecule has 0 radical (unpaired) electrons. The summed E-state index contributed by atoms with van der Waals surface area (Å²) in [5.41, 5.74) is 18.2. The highest BCUT2D eigenvalue weighted by Gasteiger charge is 2.30. The lowest BCUT2D eigenvalue weighted by Gasteiger charge is -2.25. The molecule has 0 aliphatic rings. The van der Waals surface area contributed by atoms with E-state index in [4.69, 9.17) is 17.2 Å². The van der Waals surface area contributed by atoms with Crippen LogP contribution in [0.5, 0.6) is 0 Å². The Labute approximate surface area is 254 Å². The number of H-pyrrole nitrogens is 1. The molecule has 2 aromatic rings. The number of aliphatic carboxylic acids is 1. The Morgan fingerprint density at radius 1 is 0.905 bits per heavy atom. The van der Waals surface area contributed by atoms with Gasteiger partial charge in [-0.05, 0) is 61.3 Å². The summed E-state index contributed by atoms with van der Waals surface area (Å²) < 4.78 is 0. The summed E-state index contributed by atoms with van der Waals surface area (Å²) in [4.78, 5) is 58.4. The number of carboxylic acid groups (broad SMARTS) is 1. The van der Waals surface area contributed by atoms with Crippen LogP contribution in [-0.4, -0.2) is 94.5 Å². The first kappa shape index (κ1) is 34.8. The van der Waals surface area contributed by atoms with Crippen LogP contribution in [0.1, 0.15) is 31.2 Å². The number of aromatic amines is 1. The van der Waals surface area contributed by atoms with Crippen LogP contribution in [0.3, 0.4) is 0 Å². The number of fused-ring (bicyclic) bond motifs is 1. The number of thioether (sulfide) groups is 2. The van der Waals surface area contributed by atoms with E-state index in [9.17, 15) is 24.3 Å². The molecule has 1 aromatic heterocycles. The number of guanidine groups is 1. The van der Waals surface area contributed by atoms with Crippen molar-refractivity contribution in [3.8, 4) is 0 Å². The van der Waals surface area contributed by atoms with Gasteiger partial charge in [-0.1, -0.05) is 18.2 Å². The molecular weight excluding hydrogens is 580 g/mol. The number of benzene rings is 1. The fraction of sp³-hybridized carbons (Fsp3) is 0.519. The van der Waals surface area contributed by atoms with Crippen LogP contribution in [0.4, 0.5) is 0 Å². The minimum Gasteiger partial charge on any atom is -0.480 e. The van der Waals surface area contributed by atoms with Crippen molar-refractivity contribution in [1.29, 1.82) is 0 Å². The molecule has 1 aromatic carbocycles. The number of nitrogens with one attached hydrogen (secondary N) is 4. The number of rotatable bonds is 19. The molecule has 4 unspecified atom stereocenters.